The van der Waals surface area contributed by atoms with Crippen molar-refractivity contribution in [3.05, 3.63) is 0 Å². The monoisotopic (exact) mass is 172 g/mol. The molecule has 0 aromatic heterocycles. The molecule has 70 valence electrons. The summed E-state index contributed by atoms with van der Waals surface area (Å²) in [7, 11) is 1.90. The molecule has 0 radical (unpaired) electrons. The van der Waals surface area contributed by atoms with Gasteiger partial charge in [-0.05, 0) is 13.5 Å². The van der Waals surface area contributed by atoms with Gasteiger partial charge in [0.15, 0.2) is 0 Å². The van der Waals surface area contributed by atoms with Crippen molar-refractivity contribution in [1.29, 1.82) is 0 Å². The van der Waals surface area contributed by atoms with Crippen LogP contribution in [0.4, 0.5) is 0 Å². The lowest BCUT2D eigenvalue weighted by Crippen LogP contribution is -2.38. The summed E-state index contributed by atoms with van der Waals surface area (Å²) in [4.78, 5) is 12.8. The van der Waals surface area contributed by atoms with E-state index in [0.29, 0.717) is 13.0 Å². The third kappa shape index (κ3) is 1.76. The number of β-amino-alcohol motifs (C(OH)–C–C–N with tert-alkyl or cyclic N) is 1. The fraction of sp³-hybridized carbons (Fsp3) is 0.875. The molecule has 0 aromatic carbocycles. The van der Waals surface area contributed by atoms with E-state index >= 15 is 0 Å². The number of hydrogen-bond donors (Lipinski definition) is 2. The van der Waals surface area contributed by atoms with Gasteiger partial charge in [-0.1, -0.05) is 6.92 Å². The molecule has 4 heteroatoms. The number of carbonyl (C=O) groups is 1. The van der Waals surface area contributed by atoms with Crippen molar-refractivity contribution in [3.8, 4) is 0 Å². The maximum absolute atomic E-state index is 10.9. The largest absolute Gasteiger partial charge is 0.392 e. The van der Waals surface area contributed by atoms with Gasteiger partial charge < -0.3 is 10.8 Å². The van der Waals surface area contributed by atoms with Gasteiger partial charge in [-0.25, -0.2) is 0 Å². The van der Waals surface area contributed by atoms with E-state index in [-0.39, 0.29) is 24.0 Å². The predicted molar refractivity (Wildman–Crippen MR) is 45.4 cm³/mol. The van der Waals surface area contributed by atoms with Crippen molar-refractivity contribution in [3.63, 3.8) is 0 Å². The molecule has 1 rings (SSSR count). The molecule has 1 aliphatic rings. The lowest BCUT2D eigenvalue weighted by molar-refractivity contribution is -0.122. The van der Waals surface area contributed by atoms with Crippen LogP contribution in [0.1, 0.15) is 13.3 Å². The van der Waals surface area contributed by atoms with E-state index in [0.717, 1.165) is 0 Å². The van der Waals surface area contributed by atoms with Gasteiger partial charge in [-0.15, -0.1) is 0 Å². The SMILES string of the molecule is CC(C(N)=O)C1CC(O)CN1C. The second-order valence-electron chi connectivity index (χ2n) is 3.59. The first kappa shape index (κ1) is 9.48. The molecule has 0 saturated carbocycles. The highest BCUT2D eigenvalue weighted by Crippen LogP contribution is 2.22. The molecule has 1 heterocycles. The average Bonchev–Trinajstić information content (AvgIpc) is 2.28. The number of hydrogen-bond acceptors (Lipinski definition) is 3. The molecule has 0 aliphatic carbocycles. The lowest BCUT2D eigenvalue weighted by Gasteiger charge is -2.22. The second-order valence-corrected chi connectivity index (χ2v) is 3.59. The van der Waals surface area contributed by atoms with Crippen molar-refractivity contribution in [2.75, 3.05) is 13.6 Å². The summed E-state index contributed by atoms with van der Waals surface area (Å²) in [5.74, 6) is -0.465. The van der Waals surface area contributed by atoms with Gasteiger partial charge in [0.25, 0.3) is 0 Å². The Morgan fingerprint density at radius 1 is 1.75 bits per heavy atom. The Kier molecular flexibility index (Phi) is 2.69. The van der Waals surface area contributed by atoms with Crippen molar-refractivity contribution in [2.24, 2.45) is 11.7 Å². The highest BCUT2D eigenvalue weighted by Gasteiger charge is 2.34. The van der Waals surface area contributed by atoms with Gasteiger partial charge >= 0.3 is 0 Å². The summed E-state index contributed by atoms with van der Waals surface area (Å²) >= 11 is 0. The van der Waals surface area contributed by atoms with Crippen molar-refractivity contribution < 1.29 is 9.90 Å². The predicted octanol–water partition coefficient (Wildman–Crippen LogP) is -0.827. The molecule has 3 N–H and O–H groups in total. The minimum atomic E-state index is -0.304. The van der Waals surface area contributed by atoms with Crippen LogP contribution in [-0.4, -0.2) is 41.7 Å². The molecule has 1 saturated heterocycles. The molecule has 0 spiro atoms. The van der Waals surface area contributed by atoms with Gasteiger partial charge in [-0.2, -0.15) is 0 Å². The van der Waals surface area contributed by atoms with Crippen LogP contribution >= 0.6 is 0 Å². The Hall–Kier alpha value is -0.610. The van der Waals surface area contributed by atoms with Crippen LogP contribution in [0.15, 0.2) is 0 Å². The van der Waals surface area contributed by atoms with Crippen LogP contribution in [0.5, 0.6) is 0 Å². The van der Waals surface area contributed by atoms with E-state index in [9.17, 15) is 9.90 Å². The van der Waals surface area contributed by atoms with Gasteiger partial charge in [0.05, 0.1) is 12.0 Å². The van der Waals surface area contributed by atoms with Crippen LogP contribution in [0.2, 0.25) is 0 Å². The fourth-order valence-corrected chi connectivity index (χ4v) is 1.78. The molecular formula is C8H16N2O2. The third-order valence-corrected chi connectivity index (χ3v) is 2.60. The van der Waals surface area contributed by atoms with Crippen LogP contribution in [0.25, 0.3) is 0 Å². The molecule has 1 aliphatic heterocycles. The van der Waals surface area contributed by atoms with Gasteiger partial charge in [0, 0.05) is 12.6 Å². The molecule has 4 nitrogen and oxygen atoms in total. The van der Waals surface area contributed by atoms with Gasteiger partial charge in [0.1, 0.15) is 0 Å². The number of nitrogens with two attached hydrogens (primary N) is 1. The molecule has 0 aromatic rings. The van der Waals surface area contributed by atoms with E-state index < -0.39 is 0 Å². The molecule has 1 amide bonds. The highest BCUT2D eigenvalue weighted by atomic mass is 16.3. The summed E-state index contributed by atoms with van der Waals surface area (Å²) in [6.07, 6.45) is 0.349. The summed E-state index contributed by atoms with van der Waals surface area (Å²) in [6.45, 7) is 2.45. The number of likely N-dealkylation sites (tertiary alicyclic amines) is 1. The number of carbonyl (C=O) groups excluding carboxylic acids is 1. The normalized spacial score (nSPS) is 33.6. The first-order valence-electron chi connectivity index (χ1n) is 4.20. The summed E-state index contributed by atoms with van der Waals surface area (Å²) in [5.41, 5.74) is 5.18. The van der Waals surface area contributed by atoms with Crippen LogP contribution < -0.4 is 5.73 Å². The summed E-state index contributed by atoms with van der Waals surface area (Å²) in [5, 5.41) is 9.31. The molecule has 0 bridgehead atoms. The minimum absolute atomic E-state index is 0.109. The number of primary amides is 1. The molecule has 3 atom stereocenters. The van der Waals surface area contributed by atoms with E-state index in [1.807, 2.05) is 18.9 Å². The Labute approximate surface area is 72.3 Å². The highest BCUT2D eigenvalue weighted by molar-refractivity contribution is 5.77. The average molecular weight is 172 g/mol. The molecule has 1 fully saturated rings. The Bertz CT molecular complexity index is 184. The van der Waals surface area contributed by atoms with Crippen LogP contribution in [0.3, 0.4) is 0 Å². The number of rotatable bonds is 2. The Balaban J connectivity index is 2.57. The van der Waals surface area contributed by atoms with Gasteiger partial charge in [-0.3, -0.25) is 9.69 Å². The maximum Gasteiger partial charge on any atom is 0.221 e. The smallest absolute Gasteiger partial charge is 0.221 e. The van der Waals surface area contributed by atoms with Crippen LogP contribution in [0, 0.1) is 5.92 Å². The number of amides is 1. The molecule has 3 unspecified atom stereocenters. The quantitative estimate of drug-likeness (QED) is 0.571. The third-order valence-electron chi connectivity index (χ3n) is 2.60. The maximum atomic E-state index is 10.9. The first-order chi connectivity index (χ1) is 5.52. The zero-order valence-corrected chi connectivity index (χ0v) is 7.53. The second kappa shape index (κ2) is 3.41. The molecule has 12 heavy (non-hydrogen) atoms. The first-order valence-corrected chi connectivity index (χ1v) is 4.20. The minimum Gasteiger partial charge on any atom is -0.392 e. The van der Waals surface area contributed by atoms with E-state index in [1.165, 1.54) is 0 Å². The lowest BCUT2D eigenvalue weighted by atomic mass is 9.99. The standard InChI is InChI=1S/C8H16N2O2/c1-5(8(9)12)7-3-6(11)4-10(7)2/h5-7,11H,3-4H2,1-2H3,(H2,9,12). The number of likely N-dealkylation sites (N-methyl/N-ethyl adjacent to an activating group) is 1. The zero-order chi connectivity index (χ0) is 9.30. The van der Waals surface area contributed by atoms with Crippen molar-refractivity contribution >= 4 is 5.91 Å². The summed E-state index contributed by atoms with van der Waals surface area (Å²) < 4.78 is 0. The van der Waals surface area contributed by atoms with Gasteiger partial charge in [0.2, 0.25) is 5.91 Å². The molecular weight excluding hydrogens is 156 g/mol. The number of nitrogens with zero attached hydrogens (tertiary/aromatic N) is 1. The summed E-state index contributed by atoms with van der Waals surface area (Å²) in [6, 6.07) is 0.109. The number of aliphatic hydroxyl groups is 1. The van der Waals surface area contributed by atoms with Crippen LogP contribution in [-0.2, 0) is 4.79 Å². The van der Waals surface area contributed by atoms with E-state index in [1.54, 1.807) is 0 Å². The zero-order valence-electron chi connectivity index (χ0n) is 7.53. The fourth-order valence-electron chi connectivity index (χ4n) is 1.78. The van der Waals surface area contributed by atoms with Crippen molar-refractivity contribution in [1.82, 2.24) is 4.90 Å². The van der Waals surface area contributed by atoms with E-state index in [4.69, 9.17) is 5.73 Å². The van der Waals surface area contributed by atoms with E-state index in [2.05, 4.69) is 0 Å². The topological polar surface area (TPSA) is 66.6 Å². The Morgan fingerprint density at radius 2 is 2.33 bits per heavy atom. The Morgan fingerprint density at radius 3 is 2.67 bits per heavy atom. The number of aliphatic hydroxyl groups excluding tert-OH is 1. The van der Waals surface area contributed by atoms with Crippen molar-refractivity contribution in [2.45, 2.75) is 25.5 Å².